The van der Waals surface area contributed by atoms with E-state index in [0.717, 1.165) is 13.0 Å². The third-order valence-corrected chi connectivity index (χ3v) is 3.67. The number of ether oxygens (including phenoxy) is 1. The third kappa shape index (κ3) is 3.63. The lowest BCUT2D eigenvalue weighted by Gasteiger charge is -2.19. The summed E-state index contributed by atoms with van der Waals surface area (Å²) in [4.78, 5) is 14.5. The Bertz CT molecular complexity index is 476. The first-order chi connectivity index (χ1) is 9.60. The van der Waals surface area contributed by atoms with Crippen molar-refractivity contribution >= 4 is 11.6 Å². The lowest BCUT2D eigenvalue weighted by Crippen LogP contribution is -2.38. The van der Waals surface area contributed by atoms with Crippen molar-refractivity contribution in [2.45, 2.75) is 25.8 Å². The van der Waals surface area contributed by atoms with Crippen LogP contribution >= 0.6 is 0 Å². The van der Waals surface area contributed by atoms with E-state index in [0.29, 0.717) is 36.2 Å². The van der Waals surface area contributed by atoms with Crippen molar-refractivity contribution in [3.63, 3.8) is 0 Å². The van der Waals surface area contributed by atoms with Gasteiger partial charge in [-0.05, 0) is 45.5 Å². The fourth-order valence-corrected chi connectivity index (χ4v) is 2.55. The van der Waals surface area contributed by atoms with Gasteiger partial charge in [0.25, 0.3) is 5.91 Å². The maximum Gasteiger partial charge on any atom is 0.251 e. The molecule has 1 atom stereocenters. The first kappa shape index (κ1) is 14.7. The molecule has 0 spiro atoms. The summed E-state index contributed by atoms with van der Waals surface area (Å²) in [6, 6.07) is 5.57. The summed E-state index contributed by atoms with van der Waals surface area (Å²) >= 11 is 0. The van der Waals surface area contributed by atoms with Gasteiger partial charge in [-0.25, -0.2) is 0 Å². The van der Waals surface area contributed by atoms with Crippen LogP contribution in [0.2, 0.25) is 0 Å². The van der Waals surface area contributed by atoms with Crippen LogP contribution in [0.15, 0.2) is 18.2 Å². The zero-order valence-corrected chi connectivity index (χ0v) is 12.2. The van der Waals surface area contributed by atoms with Gasteiger partial charge in [0.05, 0.1) is 6.61 Å². The molecule has 0 radical (unpaired) electrons. The van der Waals surface area contributed by atoms with Gasteiger partial charge in [0.15, 0.2) is 0 Å². The number of nitrogens with one attached hydrogen (secondary N) is 1. The highest BCUT2D eigenvalue weighted by Crippen LogP contribution is 2.19. The average Bonchev–Trinajstić information content (AvgIpc) is 2.81. The second kappa shape index (κ2) is 6.61. The van der Waals surface area contributed by atoms with Crippen LogP contribution in [0.4, 0.5) is 5.69 Å². The standard InChI is InChI=1S/C15H23N3O2/c1-3-20-14-8-11(7-12(16)9-14)15(19)17-10-13-5-4-6-18(13)2/h7-9,13H,3-6,10,16H2,1-2H3,(H,17,19). The van der Waals surface area contributed by atoms with E-state index in [2.05, 4.69) is 17.3 Å². The number of nitrogen functional groups attached to an aromatic ring is 1. The van der Waals surface area contributed by atoms with Gasteiger partial charge in [-0.3, -0.25) is 4.79 Å². The highest BCUT2D eigenvalue weighted by molar-refractivity contribution is 5.95. The molecule has 1 unspecified atom stereocenters. The second-order valence-corrected chi connectivity index (χ2v) is 5.21. The average molecular weight is 277 g/mol. The molecule has 1 aliphatic heterocycles. The number of likely N-dealkylation sites (N-methyl/N-ethyl adjacent to an activating group) is 1. The maximum atomic E-state index is 12.2. The van der Waals surface area contributed by atoms with Crippen molar-refractivity contribution in [3.05, 3.63) is 23.8 Å². The largest absolute Gasteiger partial charge is 0.494 e. The molecule has 1 aliphatic rings. The molecule has 1 saturated heterocycles. The molecule has 0 aliphatic carbocycles. The Balaban J connectivity index is 1.97. The van der Waals surface area contributed by atoms with Crippen LogP contribution in [0.3, 0.4) is 0 Å². The normalized spacial score (nSPS) is 19.0. The zero-order chi connectivity index (χ0) is 14.5. The predicted octanol–water partition coefficient (Wildman–Crippen LogP) is 1.49. The molecule has 1 amide bonds. The van der Waals surface area contributed by atoms with Crippen LogP contribution in [0.1, 0.15) is 30.1 Å². The summed E-state index contributed by atoms with van der Waals surface area (Å²) in [5.74, 6) is 0.536. The molecular weight excluding hydrogens is 254 g/mol. The quantitative estimate of drug-likeness (QED) is 0.800. The third-order valence-electron chi connectivity index (χ3n) is 3.67. The van der Waals surface area contributed by atoms with Crippen molar-refractivity contribution in [1.29, 1.82) is 0 Å². The first-order valence-corrected chi connectivity index (χ1v) is 7.12. The molecule has 1 heterocycles. The Hall–Kier alpha value is -1.75. The van der Waals surface area contributed by atoms with Crippen LogP contribution in [-0.2, 0) is 0 Å². The molecule has 0 saturated carbocycles. The topological polar surface area (TPSA) is 67.6 Å². The van der Waals surface area contributed by atoms with Crippen molar-refractivity contribution in [1.82, 2.24) is 10.2 Å². The van der Waals surface area contributed by atoms with Gasteiger partial charge in [0.1, 0.15) is 5.75 Å². The molecule has 0 aromatic heterocycles. The van der Waals surface area contributed by atoms with E-state index in [4.69, 9.17) is 10.5 Å². The summed E-state index contributed by atoms with van der Waals surface area (Å²) in [6.07, 6.45) is 2.34. The number of anilines is 1. The number of hydrogen-bond acceptors (Lipinski definition) is 4. The van der Waals surface area contributed by atoms with Crippen molar-refractivity contribution < 1.29 is 9.53 Å². The lowest BCUT2D eigenvalue weighted by molar-refractivity contribution is 0.0943. The zero-order valence-electron chi connectivity index (χ0n) is 12.2. The number of carbonyl (C=O) groups is 1. The Kier molecular flexibility index (Phi) is 4.84. The van der Waals surface area contributed by atoms with Gasteiger partial charge < -0.3 is 20.7 Å². The molecule has 20 heavy (non-hydrogen) atoms. The molecule has 110 valence electrons. The molecule has 3 N–H and O–H groups in total. The highest BCUT2D eigenvalue weighted by atomic mass is 16.5. The van der Waals surface area contributed by atoms with Crippen LogP contribution in [0.5, 0.6) is 5.75 Å². The Morgan fingerprint density at radius 3 is 2.95 bits per heavy atom. The predicted molar refractivity (Wildman–Crippen MR) is 80.0 cm³/mol. The molecule has 1 aromatic rings. The van der Waals surface area contributed by atoms with E-state index in [9.17, 15) is 4.79 Å². The minimum Gasteiger partial charge on any atom is -0.494 e. The number of amides is 1. The molecule has 5 heteroatoms. The summed E-state index contributed by atoms with van der Waals surface area (Å²) in [7, 11) is 2.09. The Morgan fingerprint density at radius 2 is 2.30 bits per heavy atom. The smallest absolute Gasteiger partial charge is 0.251 e. The van der Waals surface area contributed by atoms with E-state index >= 15 is 0 Å². The molecule has 1 fully saturated rings. The molecule has 1 aromatic carbocycles. The number of likely N-dealkylation sites (tertiary alicyclic amines) is 1. The number of benzene rings is 1. The van der Waals surface area contributed by atoms with E-state index in [-0.39, 0.29) is 5.91 Å². The van der Waals surface area contributed by atoms with Gasteiger partial charge in [-0.15, -0.1) is 0 Å². The van der Waals surface area contributed by atoms with Gasteiger partial charge in [0, 0.05) is 29.9 Å². The van der Waals surface area contributed by atoms with Gasteiger partial charge in [-0.2, -0.15) is 0 Å². The minimum atomic E-state index is -0.0986. The molecule has 0 bridgehead atoms. The first-order valence-electron chi connectivity index (χ1n) is 7.12. The van der Waals surface area contributed by atoms with Gasteiger partial charge in [-0.1, -0.05) is 0 Å². The monoisotopic (exact) mass is 277 g/mol. The Morgan fingerprint density at radius 1 is 1.50 bits per heavy atom. The summed E-state index contributed by atoms with van der Waals surface area (Å²) < 4.78 is 5.40. The van der Waals surface area contributed by atoms with Gasteiger partial charge >= 0.3 is 0 Å². The molecule has 5 nitrogen and oxygen atoms in total. The fourth-order valence-electron chi connectivity index (χ4n) is 2.55. The van der Waals surface area contributed by atoms with Crippen LogP contribution in [0.25, 0.3) is 0 Å². The van der Waals surface area contributed by atoms with E-state index in [1.807, 2.05) is 6.92 Å². The summed E-state index contributed by atoms with van der Waals surface area (Å²) in [5.41, 5.74) is 6.89. The molecule has 2 rings (SSSR count). The number of carbonyl (C=O) groups excluding carboxylic acids is 1. The van der Waals surface area contributed by atoms with Crippen molar-refractivity contribution in [2.24, 2.45) is 0 Å². The van der Waals surface area contributed by atoms with E-state index in [1.165, 1.54) is 6.42 Å². The summed E-state index contributed by atoms with van der Waals surface area (Å²) in [6.45, 7) is 4.23. The van der Waals surface area contributed by atoms with Crippen LogP contribution in [-0.4, -0.2) is 43.6 Å². The molecular formula is C15H23N3O2. The van der Waals surface area contributed by atoms with Crippen molar-refractivity contribution in [2.75, 3.05) is 32.5 Å². The minimum absolute atomic E-state index is 0.0986. The Labute approximate surface area is 120 Å². The number of nitrogens with two attached hydrogens (primary N) is 1. The summed E-state index contributed by atoms with van der Waals surface area (Å²) in [5, 5.41) is 2.98. The number of nitrogens with zero attached hydrogens (tertiary/aromatic N) is 1. The highest BCUT2D eigenvalue weighted by Gasteiger charge is 2.21. The van der Waals surface area contributed by atoms with Crippen molar-refractivity contribution in [3.8, 4) is 5.75 Å². The fraction of sp³-hybridized carbons (Fsp3) is 0.533. The van der Waals surface area contributed by atoms with Crippen LogP contribution in [0, 0.1) is 0 Å². The number of hydrogen-bond donors (Lipinski definition) is 2. The van der Waals surface area contributed by atoms with E-state index in [1.54, 1.807) is 18.2 Å². The van der Waals surface area contributed by atoms with E-state index < -0.39 is 0 Å². The second-order valence-electron chi connectivity index (χ2n) is 5.21. The maximum absolute atomic E-state index is 12.2. The lowest BCUT2D eigenvalue weighted by atomic mass is 10.1. The SMILES string of the molecule is CCOc1cc(N)cc(C(=O)NCC2CCCN2C)c1. The number of rotatable bonds is 5. The van der Waals surface area contributed by atoms with Crippen LogP contribution < -0.4 is 15.8 Å². The van der Waals surface area contributed by atoms with Gasteiger partial charge in [0.2, 0.25) is 0 Å².